The second-order valence-corrected chi connectivity index (χ2v) is 9.54. The van der Waals surface area contributed by atoms with E-state index < -0.39 is 0 Å². The van der Waals surface area contributed by atoms with E-state index in [0.717, 1.165) is 21.4 Å². The maximum absolute atomic E-state index is 12.6. The Kier molecular flexibility index (Phi) is 7.13. The Morgan fingerprint density at radius 3 is 2.58 bits per heavy atom. The first-order valence-electron chi connectivity index (χ1n) is 11.8. The molecule has 7 nitrogen and oxygen atoms in total. The first-order chi connectivity index (χ1) is 17.6. The van der Waals surface area contributed by atoms with Gasteiger partial charge in [-0.2, -0.15) is 0 Å². The van der Waals surface area contributed by atoms with Crippen LogP contribution in [0, 0.1) is 6.92 Å². The molecule has 184 valence electrons. The van der Waals surface area contributed by atoms with Crippen molar-refractivity contribution in [2.45, 2.75) is 18.4 Å². The SMILES string of the molecule is Cc1ccc(C(=O)NCCn2cc(SCC(=O)Nc3ccc4c(c3)OCCO4)c3ccccc32)cc1. The number of aromatic nitrogens is 1. The molecule has 3 aromatic carbocycles. The molecule has 0 fully saturated rings. The maximum atomic E-state index is 12.6. The number of benzene rings is 3. The molecule has 1 aliphatic rings. The van der Waals surface area contributed by atoms with Gasteiger partial charge in [-0.25, -0.2) is 0 Å². The molecule has 0 bridgehead atoms. The third kappa shape index (κ3) is 5.49. The molecule has 1 aliphatic heterocycles. The lowest BCUT2D eigenvalue weighted by molar-refractivity contribution is -0.113. The summed E-state index contributed by atoms with van der Waals surface area (Å²) in [6.07, 6.45) is 2.05. The highest BCUT2D eigenvalue weighted by molar-refractivity contribution is 8.00. The monoisotopic (exact) mass is 501 g/mol. The predicted octanol–water partition coefficient (Wildman–Crippen LogP) is 4.88. The minimum absolute atomic E-state index is 0.0862. The van der Waals surface area contributed by atoms with Crippen LogP contribution in [0.3, 0.4) is 0 Å². The summed E-state index contributed by atoms with van der Waals surface area (Å²) in [6, 6.07) is 21.0. The van der Waals surface area contributed by atoms with E-state index in [1.807, 2.05) is 61.7 Å². The highest BCUT2D eigenvalue weighted by Gasteiger charge is 2.14. The Hall–Kier alpha value is -3.91. The highest BCUT2D eigenvalue weighted by atomic mass is 32.2. The van der Waals surface area contributed by atoms with Gasteiger partial charge in [0, 0.05) is 52.4 Å². The van der Waals surface area contributed by atoms with Crippen LogP contribution in [0.15, 0.2) is 77.8 Å². The molecule has 4 aromatic rings. The number of rotatable bonds is 8. The van der Waals surface area contributed by atoms with Crippen molar-refractivity contribution in [1.82, 2.24) is 9.88 Å². The first-order valence-corrected chi connectivity index (χ1v) is 12.8. The van der Waals surface area contributed by atoms with E-state index in [2.05, 4.69) is 27.3 Å². The van der Waals surface area contributed by atoms with Gasteiger partial charge < -0.3 is 24.7 Å². The summed E-state index contributed by atoms with van der Waals surface area (Å²) in [4.78, 5) is 26.1. The van der Waals surface area contributed by atoms with Gasteiger partial charge in [-0.15, -0.1) is 11.8 Å². The minimum Gasteiger partial charge on any atom is -0.486 e. The number of amides is 2. The molecule has 0 unspecified atom stereocenters. The van der Waals surface area contributed by atoms with Gasteiger partial charge in [0.05, 0.1) is 5.75 Å². The number of hydrogen-bond acceptors (Lipinski definition) is 5. The second-order valence-electron chi connectivity index (χ2n) is 8.52. The topological polar surface area (TPSA) is 81.6 Å². The number of para-hydroxylation sites is 1. The summed E-state index contributed by atoms with van der Waals surface area (Å²) in [5.41, 5.74) is 3.52. The third-order valence-corrected chi connectivity index (χ3v) is 6.93. The number of nitrogens with one attached hydrogen (secondary N) is 2. The number of anilines is 1. The summed E-state index contributed by atoms with van der Waals surface area (Å²) in [5.74, 6) is 1.42. The lowest BCUT2D eigenvalue weighted by Gasteiger charge is -2.19. The van der Waals surface area contributed by atoms with E-state index in [0.29, 0.717) is 49.1 Å². The van der Waals surface area contributed by atoms with Gasteiger partial charge in [0.25, 0.3) is 5.91 Å². The van der Waals surface area contributed by atoms with Gasteiger partial charge in [0.1, 0.15) is 13.2 Å². The van der Waals surface area contributed by atoms with Gasteiger partial charge >= 0.3 is 0 Å². The number of carbonyl (C=O) groups is 2. The Morgan fingerprint density at radius 1 is 0.972 bits per heavy atom. The van der Waals surface area contributed by atoms with Crippen molar-refractivity contribution in [3.8, 4) is 11.5 Å². The lowest BCUT2D eigenvalue weighted by Crippen LogP contribution is -2.27. The van der Waals surface area contributed by atoms with Crippen LogP contribution < -0.4 is 20.1 Å². The first kappa shape index (κ1) is 23.8. The molecule has 0 spiro atoms. The molecule has 2 heterocycles. The predicted molar refractivity (Wildman–Crippen MR) is 142 cm³/mol. The van der Waals surface area contributed by atoms with Gasteiger partial charge in [-0.05, 0) is 37.3 Å². The Morgan fingerprint density at radius 2 is 1.75 bits per heavy atom. The Labute approximate surface area is 213 Å². The molecule has 5 rings (SSSR count). The van der Waals surface area contributed by atoms with Crippen LogP contribution in [0.5, 0.6) is 11.5 Å². The van der Waals surface area contributed by atoms with E-state index >= 15 is 0 Å². The molecule has 0 aliphatic carbocycles. The molecule has 2 N–H and O–H groups in total. The van der Waals surface area contributed by atoms with Crippen LogP contribution in [-0.2, 0) is 11.3 Å². The molecule has 0 atom stereocenters. The van der Waals surface area contributed by atoms with E-state index in [-0.39, 0.29) is 17.6 Å². The van der Waals surface area contributed by atoms with Crippen LogP contribution in [0.4, 0.5) is 5.69 Å². The van der Waals surface area contributed by atoms with Crippen molar-refractivity contribution < 1.29 is 19.1 Å². The molecule has 36 heavy (non-hydrogen) atoms. The van der Waals surface area contributed by atoms with Gasteiger partial charge in [-0.3, -0.25) is 9.59 Å². The molecular weight excluding hydrogens is 474 g/mol. The van der Waals surface area contributed by atoms with Crippen molar-refractivity contribution in [2.24, 2.45) is 0 Å². The van der Waals surface area contributed by atoms with Crippen molar-refractivity contribution in [2.75, 3.05) is 30.8 Å². The number of ether oxygens (including phenoxy) is 2. The number of aryl methyl sites for hydroxylation is 1. The molecular formula is C28H27N3O4S. The average molecular weight is 502 g/mol. The van der Waals surface area contributed by atoms with Crippen molar-refractivity contribution in [3.05, 3.63) is 84.1 Å². The average Bonchev–Trinajstić information content (AvgIpc) is 3.25. The molecule has 0 saturated heterocycles. The van der Waals surface area contributed by atoms with Crippen LogP contribution in [-0.4, -0.2) is 41.9 Å². The zero-order valence-corrected chi connectivity index (χ0v) is 20.8. The molecule has 0 saturated carbocycles. The van der Waals surface area contributed by atoms with Gasteiger partial charge in [-0.1, -0.05) is 35.9 Å². The fourth-order valence-electron chi connectivity index (χ4n) is 4.07. The minimum atomic E-state index is -0.0983. The van der Waals surface area contributed by atoms with Crippen LogP contribution in [0.25, 0.3) is 10.9 Å². The molecule has 1 aromatic heterocycles. The summed E-state index contributed by atoms with van der Waals surface area (Å²) < 4.78 is 13.2. The highest BCUT2D eigenvalue weighted by Crippen LogP contribution is 2.33. The zero-order chi connectivity index (χ0) is 24.9. The Balaban J connectivity index is 1.20. The van der Waals surface area contributed by atoms with Gasteiger partial charge in [0.2, 0.25) is 5.91 Å². The number of fused-ring (bicyclic) bond motifs is 2. The normalized spacial score (nSPS) is 12.4. The standard InChI is InChI=1S/C28H27N3O4S/c1-19-6-8-20(9-7-19)28(33)29-12-13-31-17-26(22-4-2-3-5-23(22)31)36-18-27(32)30-21-10-11-24-25(16-21)35-15-14-34-24/h2-11,16-17H,12-15,18H2,1H3,(H,29,33)(H,30,32). The molecule has 8 heteroatoms. The van der Waals surface area contributed by atoms with E-state index in [1.54, 1.807) is 6.07 Å². The van der Waals surface area contributed by atoms with E-state index in [4.69, 9.17) is 9.47 Å². The number of nitrogens with zero attached hydrogens (tertiary/aromatic N) is 1. The summed E-state index contributed by atoms with van der Waals surface area (Å²) in [5, 5.41) is 7.01. The fourth-order valence-corrected chi connectivity index (χ4v) is 4.96. The number of carbonyl (C=O) groups excluding carboxylic acids is 2. The van der Waals surface area contributed by atoms with Gasteiger partial charge in [0.15, 0.2) is 11.5 Å². The summed E-state index contributed by atoms with van der Waals surface area (Å²) >= 11 is 1.49. The molecule has 0 radical (unpaired) electrons. The van der Waals surface area contributed by atoms with Crippen LogP contribution >= 0.6 is 11.8 Å². The van der Waals surface area contributed by atoms with Crippen molar-refractivity contribution in [3.63, 3.8) is 0 Å². The zero-order valence-electron chi connectivity index (χ0n) is 20.0. The maximum Gasteiger partial charge on any atom is 0.251 e. The van der Waals surface area contributed by atoms with E-state index in [9.17, 15) is 9.59 Å². The van der Waals surface area contributed by atoms with Crippen molar-refractivity contribution >= 4 is 40.2 Å². The van der Waals surface area contributed by atoms with Crippen molar-refractivity contribution in [1.29, 1.82) is 0 Å². The quantitative estimate of drug-likeness (QED) is 0.336. The largest absolute Gasteiger partial charge is 0.486 e. The van der Waals surface area contributed by atoms with Crippen LogP contribution in [0.2, 0.25) is 0 Å². The summed E-state index contributed by atoms with van der Waals surface area (Å²) in [7, 11) is 0. The third-order valence-electron chi connectivity index (χ3n) is 5.89. The number of thioether (sulfide) groups is 1. The second kappa shape index (κ2) is 10.8. The Bertz CT molecular complexity index is 1400. The number of hydrogen-bond donors (Lipinski definition) is 2. The fraction of sp³-hybridized carbons (Fsp3) is 0.214. The smallest absolute Gasteiger partial charge is 0.251 e. The van der Waals surface area contributed by atoms with E-state index in [1.165, 1.54) is 11.8 Å². The lowest BCUT2D eigenvalue weighted by atomic mass is 10.1. The van der Waals surface area contributed by atoms with Crippen LogP contribution in [0.1, 0.15) is 15.9 Å². The summed E-state index contributed by atoms with van der Waals surface area (Å²) in [6.45, 7) is 4.15. The molecule has 2 amide bonds.